The Balaban J connectivity index is 1.53. The third kappa shape index (κ3) is 3.22. The van der Waals surface area contributed by atoms with Crippen molar-refractivity contribution in [1.29, 1.82) is 0 Å². The van der Waals surface area contributed by atoms with E-state index in [1.165, 1.54) is 43.9 Å². The predicted octanol–water partition coefficient (Wildman–Crippen LogP) is 5.43. The summed E-state index contributed by atoms with van der Waals surface area (Å²) in [4.78, 5) is 0. The molecule has 0 N–H and O–H groups in total. The summed E-state index contributed by atoms with van der Waals surface area (Å²) >= 11 is 0. The number of para-hydroxylation sites is 1. The molecule has 1 aromatic heterocycles. The van der Waals surface area contributed by atoms with Crippen molar-refractivity contribution in [1.82, 2.24) is 4.57 Å². The Morgan fingerprint density at radius 1 is 0.892 bits per heavy atom. The Labute approximate surface area is 220 Å². The number of benzene rings is 2. The molecule has 1 fully saturated rings. The molecule has 37 heavy (non-hydrogen) atoms. The van der Waals surface area contributed by atoms with Crippen LogP contribution in [0.2, 0.25) is 0 Å². The zero-order valence-corrected chi connectivity index (χ0v) is 22.9. The maximum absolute atomic E-state index is 6.56. The van der Waals surface area contributed by atoms with E-state index in [4.69, 9.17) is 9.31 Å². The van der Waals surface area contributed by atoms with E-state index in [2.05, 4.69) is 113 Å². The van der Waals surface area contributed by atoms with Crippen LogP contribution >= 0.6 is 0 Å². The van der Waals surface area contributed by atoms with Crippen LogP contribution in [0.3, 0.4) is 0 Å². The van der Waals surface area contributed by atoms with Crippen LogP contribution in [0.25, 0.3) is 28.7 Å². The van der Waals surface area contributed by atoms with Gasteiger partial charge in [0.05, 0.1) is 22.4 Å². The Morgan fingerprint density at radius 3 is 2.38 bits per heavy atom. The fraction of sp³-hybridized carbons (Fsp3) is 0.394. The molecule has 1 saturated heterocycles. The van der Waals surface area contributed by atoms with Gasteiger partial charge in [0.15, 0.2) is 0 Å². The molecule has 188 valence electrons. The smallest absolute Gasteiger partial charge is 0.399 e. The van der Waals surface area contributed by atoms with Gasteiger partial charge < -0.3 is 13.9 Å². The molecule has 0 bridgehead atoms. The van der Waals surface area contributed by atoms with Crippen molar-refractivity contribution >= 4 is 35.6 Å². The summed E-state index contributed by atoms with van der Waals surface area (Å²) in [5.41, 5.74) is 7.02. The molecule has 0 radical (unpaired) electrons. The summed E-state index contributed by atoms with van der Waals surface area (Å²) in [5, 5.41) is 3.97. The van der Waals surface area contributed by atoms with Crippen molar-refractivity contribution in [3.05, 3.63) is 81.9 Å². The Kier molecular flexibility index (Phi) is 4.80. The summed E-state index contributed by atoms with van der Waals surface area (Å²) in [5.74, 6) is 0.413. The van der Waals surface area contributed by atoms with Crippen molar-refractivity contribution in [3.63, 3.8) is 0 Å². The highest BCUT2D eigenvalue weighted by Gasteiger charge is 2.52. The first-order valence-corrected chi connectivity index (χ1v) is 13.8. The largest absolute Gasteiger partial charge is 0.494 e. The number of rotatable bonds is 2. The highest BCUT2D eigenvalue weighted by atomic mass is 16.7. The van der Waals surface area contributed by atoms with Gasteiger partial charge in [-0.1, -0.05) is 74.6 Å². The van der Waals surface area contributed by atoms with Crippen molar-refractivity contribution in [2.45, 2.75) is 77.4 Å². The molecule has 2 aliphatic heterocycles. The Morgan fingerprint density at radius 2 is 1.65 bits per heavy atom. The van der Waals surface area contributed by atoms with Gasteiger partial charge in [-0.15, -0.1) is 0 Å². The minimum absolute atomic E-state index is 0.139. The number of fused-ring (bicyclic) bond motifs is 5. The second kappa shape index (κ2) is 7.62. The van der Waals surface area contributed by atoms with E-state index in [9.17, 15) is 0 Å². The molecule has 0 amide bonds. The summed E-state index contributed by atoms with van der Waals surface area (Å²) in [6.45, 7) is 13.2. The van der Waals surface area contributed by atoms with Gasteiger partial charge in [-0.3, -0.25) is 0 Å². The zero-order chi connectivity index (χ0) is 25.7. The van der Waals surface area contributed by atoms with Crippen molar-refractivity contribution in [3.8, 4) is 5.69 Å². The molecule has 7 rings (SSSR count). The fourth-order valence-corrected chi connectivity index (χ4v) is 6.69. The molecule has 0 spiro atoms. The lowest BCUT2D eigenvalue weighted by Gasteiger charge is -2.35. The second-order valence-electron chi connectivity index (χ2n) is 12.7. The number of hydrogen-bond donors (Lipinski definition) is 0. The number of allylic oxidation sites excluding steroid dienone is 4. The molecule has 3 heterocycles. The van der Waals surface area contributed by atoms with Gasteiger partial charge in [0, 0.05) is 27.3 Å². The first-order chi connectivity index (χ1) is 17.6. The van der Waals surface area contributed by atoms with Gasteiger partial charge in [-0.05, 0) is 75.2 Å². The number of aromatic nitrogens is 1. The lowest BCUT2D eigenvalue weighted by Crippen LogP contribution is -2.41. The first-order valence-electron chi connectivity index (χ1n) is 13.8. The maximum atomic E-state index is 6.56. The van der Waals surface area contributed by atoms with Gasteiger partial charge in [0.25, 0.3) is 0 Å². The number of hydrogen-bond acceptors (Lipinski definition) is 2. The van der Waals surface area contributed by atoms with Gasteiger partial charge in [-0.2, -0.15) is 0 Å². The third-order valence-corrected chi connectivity index (χ3v) is 9.56. The van der Waals surface area contributed by atoms with Crippen molar-refractivity contribution in [2.24, 2.45) is 5.92 Å². The monoisotopic (exact) mass is 489 g/mol. The predicted molar refractivity (Wildman–Crippen MR) is 154 cm³/mol. The average molecular weight is 489 g/mol. The average Bonchev–Trinajstić information content (AvgIpc) is 3.32. The van der Waals surface area contributed by atoms with Crippen LogP contribution in [-0.2, 0) is 14.7 Å². The number of nitrogens with zero attached hydrogens (tertiary/aromatic N) is 1. The highest BCUT2D eigenvalue weighted by molar-refractivity contribution is 6.62. The summed E-state index contributed by atoms with van der Waals surface area (Å²) in [6, 6.07) is 13.6. The van der Waals surface area contributed by atoms with Crippen LogP contribution in [0.15, 0.2) is 60.2 Å². The third-order valence-electron chi connectivity index (χ3n) is 9.56. The summed E-state index contributed by atoms with van der Waals surface area (Å²) in [6.07, 6.45) is 15.4. The summed E-state index contributed by atoms with van der Waals surface area (Å²) < 4.78 is 15.6. The lowest BCUT2D eigenvalue weighted by molar-refractivity contribution is 0.00578. The molecule has 1 unspecified atom stereocenters. The second-order valence-corrected chi connectivity index (χ2v) is 12.7. The summed E-state index contributed by atoms with van der Waals surface area (Å²) in [7, 11) is -0.384. The quantitative estimate of drug-likeness (QED) is 0.449. The molecule has 4 aliphatic rings. The van der Waals surface area contributed by atoms with Crippen LogP contribution in [0.5, 0.6) is 0 Å². The molecule has 4 heteroatoms. The maximum Gasteiger partial charge on any atom is 0.494 e. The first kappa shape index (κ1) is 23.3. The fourth-order valence-electron chi connectivity index (χ4n) is 6.69. The van der Waals surface area contributed by atoms with E-state index >= 15 is 0 Å². The molecule has 3 nitrogen and oxygen atoms in total. The Hall–Kier alpha value is -2.82. The topological polar surface area (TPSA) is 23.4 Å². The Bertz CT molecular complexity index is 1630. The highest BCUT2D eigenvalue weighted by Crippen LogP contribution is 2.43. The van der Waals surface area contributed by atoms with E-state index in [0.29, 0.717) is 5.92 Å². The van der Waals surface area contributed by atoms with Crippen LogP contribution in [0.4, 0.5) is 0 Å². The van der Waals surface area contributed by atoms with E-state index in [0.717, 1.165) is 24.7 Å². The molecular formula is C33H36BNO2. The molecule has 3 aromatic rings. The SMILES string of the molecule is CC1(C)c2ccccc2-n2c3c(c4cc(B5OC(C)(C)C(C)(C)O5)cc1c42)=CC(C1=CCCC=C1)CC=3. The zero-order valence-electron chi connectivity index (χ0n) is 22.9. The van der Waals surface area contributed by atoms with Crippen molar-refractivity contribution in [2.75, 3.05) is 0 Å². The minimum Gasteiger partial charge on any atom is -0.399 e. The van der Waals surface area contributed by atoms with E-state index < -0.39 is 0 Å². The standard InChI is InChI=1S/C33H36BNO2/c1-31(2)26-14-10-11-15-29(26)35-28-17-16-22(21-12-8-7-9-13-21)18-24(28)25-19-23(20-27(31)30(25)35)34-36-32(3,4)33(5,6)37-34/h8,10-15,17-20,22H,7,9,16H2,1-6H3. The van der Waals surface area contributed by atoms with Crippen LogP contribution in [0.1, 0.15) is 71.9 Å². The van der Waals surface area contributed by atoms with Crippen LogP contribution < -0.4 is 16.0 Å². The van der Waals surface area contributed by atoms with E-state index in [1.807, 2.05) is 0 Å². The minimum atomic E-state index is -0.384. The van der Waals surface area contributed by atoms with Crippen LogP contribution in [-0.4, -0.2) is 22.9 Å². The van der Waals surface area contributed by atoms with Crippen LogP contribution in [0, 0.1) is 5.92 Å². The van der Waals surface area contributed by atoms with E-state index in [1.54, 1.807) is 0 Å². The van der Waals surface area contributed by atoms with Gasteiger partial charge in [0.2, 0.25) is 0 Å². The molecule has 2 aromatic carbocycles. The van der Waals surface area contributed by atoms with E-state index in [-0.39, 0.29) is 23.7 Å². The molecule has 1 atom stereocenters. The normalized spacial score (nSPS) is 24.2. The molecule has 0 saturated carbocycles. The van der Waals surface area contributed by atoms with Crippen molar-refractivity contribution < 1.29 is 9.31 Å². The molecule has 2 aliphatic carbocycles. The van der Waals surface area contributed by atoms with Gasteiger partial charge >= 0.3 is 7.12 Å². The van der Waals surface area contributed by atoms with Gasteiger partial charge in [0.1, 0.15) is 0 Å². The lowest BCUT2D eigenvalue weighted by atomic mass is 9.70. The molecular weight excluding hydrogens is 453 g/mol. The van der Waals surface area contributed by atoms with Gasteiger partial charge in [-0.25, -0.2) is 0 Å².